The van der Waals surface area contributed by atoms with E-state index in [-0.39, 0.29) is 54.3 Å². The Kier molecular flexibility index (Phi) is 8.34. The van der Waals surface area contributed by atoms with E-state index in [9.17, 15) is 9.59 Å². The number of carbonyl (C=O) groups excluding carboxylic acids is 2. The molecule has 2 unspecified atom stereocenters. The van der Waals surface area contributed by atoms with E-state index in [4.69, 9.17) is 13.9 Å². The van der Waals surface area contributed by atoms with Crippen LogP contribution in [0.15, 0.2) is 22.8 Å². The number of carbonyl (C=O) groups is 2. The normalized spacial score (nSPS) is 22.0. The molecule has 3 aromatic rings. The topological polar surface area (TPSA) is 89.8 Å². The summed E-state index contributed by atoms with van der Waals surface area (Å²) >= 11 is 0. The van der Waals surface area contributed by atoms with Crippen LogP contribution in [-0.2, 0) is 21.4 Å². The number of aryl methyl sites for hydroxylation is 2. The van der Waals surface area contributed by atoms with Crippen LogP contribution in [-0.4, -0.2) is 37.1 Å². The fourth-order valence-electron chi connectivity index (χ4n) is 6.29. The number of halogens is 2. The molecule has 2 aromatic carbocycles. The predicted octanol–water partition coefficient (Wildman–Crippen LogP) is 5.67. The Morgan fingerprint density at radius 3 is 2.11 bits per heavy atom. The molecule has 6 rings (SSSR count). The molecule has 0 saturated carbocycles. The molecule has 2 saturated heterocycles. The van der Waals surface area contributed by atoms with Crippen LogP contribution in [0.5, 0.6) is 11.5 Å². The molecule has 38 heavy (non-hydrogen) atoms. The van der Waals surface area contributed by atoms with Crippen molar-refractivity contribution in [3.8, 4) is 11.5 Å². The van der Waals surface area contributed by atoms with Gasteiger partial charge in [-0.2, -0.15) is 0 Å². The van der Waals surface area contributed by atoms with Crippen LogP contribution < -0.4 is 20.1 Å². The molecule has 0 radical (unpaired) electrons. The maximum absolute atomic E-state index is 13.3. The number of hydrogen-bond acceptors (Lipinski definition) is 7. The second-order valence-electron chi connectivity index (χ2n) is 11.2. The van der Waals surface area contributed by atoms with E-state index in [1.54, 1.807) is 6.26 Å². The molecule has 2 atom stereocenters. The van der Waals surface area contributed by atoms with Crippen molar-refractivity contribution in [2.45, 2.75) is 83.2 Å². The number of rotatable bonds is 4. The average Bonchev–Trinajstić information content (AvgIpc) is 3.63. The summed E-state index contributed by atoms with van der Waals surface area (Å²) < 4.78 is 18.4. The highest BCUT2D eigenvalue weighted by Gasteiger charge is 2.35. The molecule has 1 aromatic heterocycles. The molecule has 9 heteroatoms. The first-order chi connectivity index (χ1) is 17.3. The first kappa shape index (κ1) is 28.7. The number of fused-ring (bicyclic) bond motifs is 5. The number of ether oxygens (including phenoxy) is 2. The number of furan rings is 1. The van der Waals surface area contributed by atoms with Gasteiger partial charge in [0.25, 0.3) is 0 Å². The van der Waals surface area contributed by atoms with Gasteiger partial charge < -0.3 is 24.5 Å². The fourth-order valence-corrected chi connectivity index (χ4v) is 6.29. The zero-order chi connectivity index (χ0) is 25.0. The highest BCUT2D eigenvalue weighted by atomic mass is 35.5. The minimum Gasteiger partial charge on any atom is -0.463 e. The Labute approximate surface area is 235 Å². The zero-order valence-electron chi connectivity index (χ0n) is 22.1. The summed E-state index contributed by atoms with van der Waals surface area (Å²) in [6, 6.07) is 3.53. The molecule has 2 fully saturated rings. The van der Waals surface area contributed by atoms with Gasteiger partial charge in [0.05, 0.1) is 11.6 Å². The van der Waals surface area contributed by atoms with Gasteiger partial charge in [-0.25, -0.2) is 9.59 Å². The van der Waals surface area contributed by atoms with Crippen molar-refractivity contribution >= 4 is 58.5 Å². The molecule has 206 valence electrons. The van der Waals surface area contributed by atoms with Gasteiger partial charge in [-0.3, -0.25) is 0 Å². The smallest absolute Gasteiger partial charge is 0.328 e. The van der Waals surface area contributed by atoms with E-state index < -0.39 is 0 Å². The van der Waals surface area contributed by atoms with E-state index in [0.717, 1.165) is 79.9 Å². The minimum absolute atomic E-state index is 0. The maximum Gasteiger partial charge on any atom is 0.328 e. The average molecular weight is 564 g/mol. The van der Waals surface area contributed by atoms with E-state index in [2.05, 4.69) is 36.6 Å². The van der Waals surface area contributed by atoms with Crippen molar-refractivity contribution < 1.29 is 23.5 Å². The third-order valence-corrected chi connectivity index (χ3v) is 8.25. The molecule has 3 heterocycles. The Morgan fingerprint density at radius 2 is 1.53 bits per heavy atom. The number of hydrogen-bond donors (Lipinski definition) is 2. The van der Waals surface area contributed by atoms with Crippen molar-refractivity contribution in [3.63, 3.8) is 0 Å². The van der Waals surface area contributed by atoms with Crippen LogP contribution in [0.3, 0.4) is 0 Å². The van der Waals surface area contributed by atoms with Gasteiger partial charge in [0.1, 0.15) is 17.7 Å². The van der Waals surface area contributed by atoms with E-state index in [0.29, 0.717) is 22.5 Å². The van der Waals surface area contributed by atoms with Crippen molar-refractivity contribution in [1.29, 1.82) is 0 Å². The summed E-state index contributed by atoms with van der Waals surface area (Å²) in [7, 11) is 0. The molecule has 0 bridgehead atoms. The van der Waals surface area contributed by atoms with Gasteiger partial charge in [-0.15, -0.1) is 24.8 Å². The van der Waals surface area contributed by atoms with Gasteiger partial charge in [0.2, 0.25) is 0 Å². The van der Waals surface area contributed by atoms with Crippen molar-refractivity contribution in [2.75, 3.05) is 13.1 Å². The van der Waals surface area contributed by atoms with E-state index in [1.807, 2.05) is 6.92 Å². The third kappa shape index (κ3) is 4.79. The lowest BCUT2D eigenvalue weighted by Gasteiger charge is -2.34. The highest BCUT2D eigenvalue weighted by Crippen LogP contribution is 2.50. The maximum atomic E-state index is 13.3. The Hall–Kier alpha value is -2.32. The zero-order valence-corrected chi connectivity index (χ0v) is 23.7. The Morgan fingerprint density at radius 1 is 0.921 bits per heavy atom. The summed E-state index contributed by atoms with van der Waals surface area (Å²) in [6.07, 6.45) is 7.99. The predicted molar refractivity (Wildman–Crippen MR) is 152 cm³/mol. The fraction of sp³-hybridized carbons (Fsp3) is 0.517. The lowest BCUT2D eigenvalue weighted by atomic mass is 9.71. The third-order valence-electron chi connectivity index (χ3n) is 8.25. The molecule has 7 nitrogen and oxygen atoms in total. The molecular formula is C29H36Cl2N2O5. The molecule has 2 N–H and O–H groups in total. The van der Waals surface area contributed by atoms with Gasteiger partial charge in [0, 0.05) is 10.8 Å². The summed E-state index contributed by atoms with van der Waals surface area (Å²) in [5, 5.41) is 8.86. The largest absolute Gasteiger partial charge is 0.463 e. The first-order valence-electron chi connectivity index (χ1n) is 13.2. The van der Waals surface area contributed by atoms with Gasteiger partial charge in [0.15, 0.2) is 11.5 Å². The summed E-state index contributed by atoms with van der Waals surface area (Å²) in [4.78, 5) is 26.6. The van der Waals surface area contributed by atoms with Crippen LogP contribution >= 0.6 is 24.8 Å². The second kappa shape index (κ2) is 11.0. The SMILES string of the molecule is Cc1coc2c1c(OC(=O)C1CCCN1)c(OC(=O)C1CCCN1)c1c3c(ccc12)C(C)(C)CCC3.Cl.Cl. The van der Waals surface area contributed by atoms with Crippen LogP contribution in [0.25, 0.3) is 21.7 Å². The molecule has 2 aliphatic heterocycles. The number of nitrogens with one attached hydrogen (secondary N) is 2. The molecule has 0 spiro atoms. The number of benzene rings is 2. The van der Waals surface area contributed by atoms with Crippen LogP contribution in [0.1, 0.15) is 69.1 Å². The first-order valence-corrected chi connectivity index (χ1v) is 13.2. The second-order valence-corrected chi connectivity index (χ2v) is 11.2. The monoisotopic (exact) mass is 562 g/mol. The Bertz CT molecular complexity index is 1370. The molecule has 1 aliphatic carbocycles. The van der Waals surface area contributed by atoms with Crippen molar-refractivity contribution in [1.82, 2.24) is 10.6 Å². The van der Waals surface area contributed by atoms with Gasteiger partial charge in [-0.05, 0) is 87.1 Å². The van der Waals surface area contributed by atoms with Crippen LogP contribution in [0.4, 0.5) is 0 Å². The van der Waals surface area contributed by atoms with Gasteiger partial charge in [-0.1, -0.05) is 26.0 Å². The van der Waals surface area contributed by atoms with Crippen molar-refractivity contribution in [2.24, 2.45) is 0 Å². The Balaban J connectivity index is 0.00000168. The van der Waals surface area contributed by atoms with Gasteiger partial charge >= 0.3 is 11.9 Å². The van der Waals surface area contributed by atoms with Crippen LogP contribution in [0, 0.1) is 6.92 Å². The molecular weight excluding hydrogens is 527 g/mol. The summed E-state index contributed by atoms with van der Waals surface area (Å²) in [5.74, 6) is -0.0411. The highest BCUT2D eigenvalue weighted by molar-refractivity contribution is 6.15. The van der Waals surface area contributed by atoms with Crippen LogP contribution in [0.2, 0.25) is 0 Å². The lowest BCUT2D eigenvalue weighted by molar-refractivity contribution is -0.139. The van der Waals surface area contributed by atoms with E-state index in [1.165, 1.54) is 5.56 Å². The lowest BCUT2D eigenvalue weighted by Crippen LogP contribution is -2.35. The quantitative estimate of drug-likeness (QED) is 0.313. The standard InChI is InChI=1S/C29H34N2O5.2ClH/c1-16-15-34-24-18-10-11-19-17(7-4-12-29(19,2)3)23(18)26(36-28(33)21-9-6-14-31-21)25(22(16)24)35-27(32)20-8-5-13-30-20;;/h10-11,15,20-21,30-31H,4-9,12-14H2,1-3H3;2*1H. The van der Waals surface area contributed by atoms with Crippen molar-refractivity contribution in [3.05, 3.63) is 35.1 Å². The summed E-state index contributed by atoms with van der Waals surface area (Å²) in [5.41, 5.74) is 3.89. The summed E-state index contributed by atoms with van der Waals surface area (Å²) in [6.45, 7) is 8.02. The van der Waals surface area contributed by atoms with E-state index >= 15 is 0 Å². The molecule has 0 amide bonds. The number of esters is 2. The molecule has 3 aliphatic rings. The minimum atomic E-state index is -0.369.